The summed E-state index contributed by atoms with van der Waals surface area (Å²) < 4.78 is 5.99. The van der Waals surface area contributed by atoms with Crippen LogP contribution in [0.4, 0.5) is 5.69 Å². The molecule has 0 saturated heterocycles. The summed E-state index contributed by atoms with van der Waals surface area (Å²) in [5.41, 5.74) is 4.35. The van der Waals surface area contributed by atoms with E-state index in [4.69, 9.17) is 4.74 Å². The number of anilines is 1. The SMILES string of the molecule is C=C/C(=C\C(C(=O)Nc1cc(-c2ccccc2)ccc1C=O)=C(/C)OCCCC)C(CCC)CCCC. The van der Waals surface area contributed by atoms with Crippen LogP contribution in [0.25, 0.3) is 11.1 Å². The molecule has 0 aromatic heterocycles. The number of allylic oxidation sites excluding steroid dienone is 3. The first-order chi connectivity index (χ1) is 18.0. The van der Waals surface area contributed by atoms with Crippen LogP contribution < -0.4 is 5.32 Å². The number of rotatable bonds is 16. The minimum atomic E-state index is -0.299. The molecule has 0 aliphatic heterocycles. The van der Waals surface area contributed by atoms with Crippen molar-refractivity contribution in [3.05, 3.63) is 89.7 Å². The summed E-state index contributed by atoms with van der Waals surface area (Å²) in [5, 5.41) is 3.00. The van der Waals surface area contributed by atoms with Crippen molar-refractivity contribution in [3.8, 4) is 11.1 Å². The lowest BCUT2D eigenvalue weighted by atomic mass is 9.88. The van der Waals surface area contributed by atoms with E-state index < -0.39 is 0 Å². The first kappa shape index (κ1) is 29.8. The lowest BCUT2D eigenvalue weighted by Crippen LogP contribution is -2.18. The Morgan fingerprint density at radius 2 is 1.70 bits per heavy atom. The normalized spacial score (nSPS) is 12.9. The van der Waals surface area contributed by atoms with Crippen LogP contribution in [-0.4, -0.2) is 18.8 Å². The van der Waals surface area contributed by atoms with Crippen molar-refractivity contribution >= 4 is 17.9 Å². The number of amides is 1. The maximum absolute atomic E-state index is 13.7. The summed E-state index contributed by atoms with van der Waals surface area (Å²) in [4.78, 5) is 25.5. The van der Waals surface area contributed by atoms with Crippen LogP contribution in [0.2, 0.25) is 0 Å². The van der Waals surface area contributed by atoms with E-state index in [1.165, 1.54) is 0 Å². The van der Waals surface area contributed by atoms with Gasteiger partial charge >= 0.3 is 0 Å². The van der Waals surface area contributed by atoms with E-state index in [1.54, 1.807) is 6.07 Å². The van der Waals surface area contributed by atoms with Crippen LogP contribution in [0, 0.1) is 5.92 Å². The van der Waals surface area contributed by atoms with E-state index in [9.17, 15) is 9.59 Å². The summed E-state index contributed by atoms with van der Waals surface area (Å²) in [6, 6.07) is 15.4. The minimum absolute atomic E-state index is 0.299. The molecule has 0 radical (unpaired) electrons. The lowest BCUT2D eigenvalue weighted by molar-refractivity contribution is -0.112. The average molecular weight is 502 g/mol. The van der Waals surface area contributed by atoms with E-state index in [1.807, 2.05) is 61.5 Å². The van der Waals surface area contributed by atoms with Crippen LogP contribution in [0.3, 0.4) is 0 Å². The highest BCUT2D eigenvalue weighted by atomic mass is 16.5. The van der Waals surface area contributed by atoms with Crippen LogP contribution in [0.15, 0.2) is 84.2 Å². The maximum Gasteiger partial charge on any atom is 0.259 e. The van der Waals surface area contributed by atoms with Gasteiger partial charge in [-0.1, -0.05) is 95.5 Å². The van der Waals surface area contributed by atoms with Crippen molar-refractivity contribution in [2.75, 3.05) is 11.9 Å². The highest BCUT2D eigenvalue weighted by Crippen LogP contribution is 2.29. The Bertz CT molecular complexity index is 1080. The Morgan fingerprint density at radius 3 is 2.32 bits per heavy atom. The summed E-state index contributed by atoms with van der Waals surface area (Å²) >= 11 is 0. The second-order valence-corrected chi connectivity index (χ2v) is 9.39. The van der Waals surface area contributed by atoms with Gasteiger partial charge < -0.3 is 10.1 Å². The molecule has 0 heterocycles. The van der Waals surface area contributed by atoms with Crippen LogP contribution in [0.1, 0.15) is 83.0 Å². The fourth-order valence-electron chi connectivity index (χ4n) is 4.33. The highest BCUT2D eigenvalue weighted by Gasteiger charge is 2.18. The predicted molar refractivity (Wildman–Crippen MR) is 156 cm³/mol. The van der Waals surface area contributed by atoms with Crippen molar-refractivity contribution in [1.29, 1.82) is 0 Å². The molecular formula is C33H43NO3. The van der Waals surface area contributed by atoms with Gasteiger partial charge in [0, 0.05) is 5.56 Å². The summed E-state index contributed by atoms with van der Waals surface area (Å²) in [7, 11) is 0. The molecule has 2 aromatic rings. The molecule has 1 amide bonds. The van der Waals surface area contributed by atoms with E-state index >= 15 is 0 Å². The molecule has 0 saturated carbocycles. The molecule has 4 heteroatoms. The van der Waals surface area contributed by atoms with Crippen LogP contribution >= 0.6 is 0 Å². The Kier molecular flexibility index (Phi) is 13.2. The van der Waals surface area contributed by atoms with E-state index in [0.717, 1.165) is 67.9 Å². The number of ether oxygens (including phenoxy) is 1. The molecule has 2 rings (SSSR count). The molecule has 2 aromatic carbocycles. The average Bonchev–Trinajstić information content (AvgIpc) is 2.92. The zero-order valence-electron chi connectivity index (χ0n) is 23.0. The number of aldehydes is 1. The number of unbranched alkanes of at least 4 members (excludes halogenated alkanes) is 2. The molecule has 0 fully saturated rings. The summed E-state index contributed by atoms with van der Waals surface area (Å²) in [6.07, 6.45) is 11.9. The fraction of sp³-hybridized carbons (Fsp3) is 0.394. The van der Waals surface area contributed by atoms with Gasteiger partial charge in [-0.3, -0.25) is 9.59 Å². The van der Waals surface area contributed by atoms with Crippen molar-refractivity contribution in [2.24, 2.45) is 5.92 Å². The quantitative estimate of drug-likeness (QED) is 0.0821. The Hall–Kier alpha value is -3.40. The number of nitrogens with one attached hydrogen (secondary N) is 1. The smallest absolute Gasteiger partial charge is 0.259 e. The summed E-state index contributed by atoms with van der Waals surface area (Å²) in [5.74, 6) is 0.607. The van der Waals surface area contributed by atoms with Gasteiger partial charge in [0.2, 0.25) is 0 Å². The number of benzene rings is 2. The number of carbonyl (C=O) groups excluding carboxylic acids is 2. The van der Waals surface area contributed by atoms with E-state index in [0.29, 0.717) is 35.1 Å². The molecule has 37 heavy (non-hydrogen) atoms. The molecule has 1 N–H and O–H groups in total. The van der Waals surface area contributed by atoms with Crippen molar-refractivity contribution in [2.45, 2.75) is 72.6 Å². The first-order valence-corrected chi connectivity index (χ1v) is 13.6. The van der Waals surface area contributed by atoms with Gasteiger partial charge in [0.05, 0.1) is 17.9 Å². The van der Waals surface area contributed by atoms with Gasteiger partial charge in [-0.05, 0) is 67.0 Å². The first-order valence-electron chi connectivity index (χ1n) is 13.6. The van der Waals surface area contributed by atoms with Gasteiger partial charge in [-0.25, -0.2) is 0 Å². The third kappa shape index (κ3) is 9.20. The molecular weight excluding hydrogens is 458 g/mol. The fourth-order valence-corrected chi connectivity index (χ4v) is 4.33. The number of hydrogen-bond acceptors (Lipinski definition) is 3. The van der Waals surface area contributed by atoms with Crippen molar-refractivity contribution in [1.82, 2.24) is 0 Å². The Labute approximate surface area is 223 Å². The van der Waals surface area contributed by atoms with Crippen LogP contribution in [-0.2, 0) is 9.53 Å². The minimum Gasteiger partial charge on any atom is -0.497 e. The monoisotopic (exact) mass is 501 g/mol. The maximum atomic E-state index is 13.7. The van der Waals surface area contributed by atoms with Gasteiger partial charge in [0.25, 0.3) is 5.91 Å². The largest absolute Gasteiger partial charge is 0.497 e. The second kappa shape index (κ2) is 16.4. The lowest BCUT2D eigenvalue weighted by Gasteiger charge is -2.19. The summed E-state index contributed by atoms with van der Waals surface area (Å²) in [6.45, 7) is 12.9. The van der Waals surface area contributed by atoms with E-state index in [-0.39, 0.29) is 5.91 Å². The molecule has 0 aliphatic rings. The Morgan fingerprint density at radius 1 is 0.973 bits per heavy atom. The van der Waals surface area contributed by atoms with E-state index in [2.05, 4.69) is 32.7 Å². The molecule has 198 valence electrons. The van der Waals surface area contributed by atoms with Gasteiger partial charge in [0.1, 0.15) is 5.76 Å². The number of carbonyl (C=O) groups is 2. The van der Waals surface area contributed by atoms with Crippen molar-refractivity contribution in [3.63, 3.8) is 0 Å². The van der Waals surface area contributed by atoms with Gasteiger partial charge in [0.15, 0.2) is 6.29 Å². The van der Waals surface area contributed by atoms with Gasteiger partial charge in [-0.2, -0.15) is 0 Å². The molecule has 4 nitrogen and oxygen atoms in total. The topological polar surface area (TPSA) is 55.4 Å². The van der Waals surface area contributed by atoms with Crippen molar-refractivity contribution < 1.29 is 14.3 Å². The zero-order valence-corrected chi connectivity index (χ0v) is 23.0. The highest BCUT2D eigenvalue weighted by molar-refractivity contribution is 6.08. The third-order valence-corrected chi connectivity index (χ3v) is 6.54. The third-order valence-electron chi connectivity index (χ3n) is 6.54. The molecule has 1 atom stereocenters. The standard InChI is InChI=1S/C33H43NO3/c1-6-10-16-27(15-8-3)26(9-4)22-31(25(5)37-21-11-7-2)33(36)34-32-23-29(19-20-30(32)24-35)28-17-13-12-14-18-28/h9,12-14,17-20,22-24,27H,4,6-8,10-11,15-16,21H2,1-3,5H3,(H,34,36)/b26-22+,31-25-. The predicted octanol–water partition coefficient (Wildman–Crippen LogP) is 8.91. The molecule has 0 bridgehead atoms. The van der Waals surface area contributed by atoms with Crippen LogP contribution in [0.5, 0.6) is 0 Å². The number of hydrogen-bond donors (Lipinski definition) is 1. The molecule has 0 aliphatic carbocycles. The zero-order chi connectivity index (χ0) is 27.0. The molecule has 1 unspecified atom stereocenters. The Balaban J connectivity index is 2.49. The molecule has 0 spiro atoms. The second-order valence-electron chi connectivity index (χ2n) is 9.39. The van der Waals surface area contributed by atoms with Gasteiger partial charge in [-0.15, -0.1) is 0 Å².